The minimum Gasteiger partial charge on any atom is -0.481 e. The van der Waals surface area contributed by atoms with Gasteiger partial charge in [0.15, 0.2) is 9.84 Å². The fraction of sp³-hybridized carbons (Fsp3) is 0.600. The van der Waals surface area contributed by atoms with Crippen molar-refractivity contribution in [1.29, 1.82) is 0 Å². The molecular formula is C10H13NO4S2. The topological polar surface area (TPSA) is 84.3 Å². The van der Waals surface area contributed by atoms with Crippen LogP contribution in [0.4, 0.5) is 0 Å². The van der Waals surface area contributed by atoms with Crippen molar-refractivity contribution in [3.63, 3.8) is 0 Å². The van der Waals surface area contributed by atoms with Crippen molar-refractivity contribution in [2.24, 2.45) is 0 Å². The van der Waals surface area contributed by atoms with Crippen molar-refractivity contribution < 1.29 is 18.3 Å². The average Bonchev–Trinajstić information content (AvgIpc) is 2.63. The number of carboxylic acid groups (broad SMARTS) is 1. The lowest BCUT2D eigenvalue weighted by Crippen LogP contribution is -2.23. The predicted octanol–water partition coefficient (Wildman–Crippen LogP) is 1.06. The number of thiazole rings is 1. The molecule has 0 saturated carbocycles. The highest BCUT2D eigenvalue weighted by molar-refractivity contribution is 7.91. The summed E-state index contributed by atoms with van der Waals surface area (Å²) in [5.41, 5.74) is 0. The molecule has 1 aliphatic rings. The van der Waals surface area contributed by atoms with E-state index in [9.17, 15) is 13.2 Å². The zero-order valence-corrected chi connectivity index (χ0v) is 10.8. The molecule has 0 radical (unpaired) electrons. The molecular weight excluding hydrogens is 262 g/mol. The van der Waals surface area contributed by atoms with E-state index in [4.69, 9.17) is 5.11 Å². The van der Waals surface area contributed by atoms with Crippen LogP contribution in [0.5, 0.6) is 0 Å². The SMILES string of the molecule is O=C(O)Cc1cnc(C2CCCS(=O)(=O)C2)s1. The van der Waals surface area contributed by atoms with Crippen molar-refractivity contribution in [1.82, 2.24) is 4.98 Å². The van der Waals surface area contributed by atoms with E-state index < -0.39 is 15.8 Å². The lowest BCUT2D eigenvalue weighted by atomic mass is 10.1. The van der Waals surface area contributed by atoms with E-state index in [1.807, 2.05) is 0 Å². The first-order valence-corrected chi connectivity index (χ1v) is 7.97. The Labute approximate surface area is 103 Å². The Balaban J connectivity index is 2.12. The van der Waals surface area contributed by atoms with Gasteiger partial charge in [-0.3, -0.25) is 4.79 Å². The van der Waals surface area contributed by atoms with Crippen LogP contribution in [-0.2, 0) is 21.1 Å². The summed E-state index contributed by atoms with van der Waals surface area (Å²) in [7, 11) is -2.94. The van der Waals surface area contributed by atoms with E-state index in [-0.39, 0.29) is 23.8 Å². The molecule has 1 aliphatic heterocycles. The molecule has 94 valence electrons. The quantitative estimate of drug-likeness (QED) is 0.891. The summed E-state index contributed by atoms with van der Waals surface area (Å²) < 4.78 is 23.0. The van der Waals surface area contributed by atoms with Crippen LogP contribution < -0.4 is 0 Å². The van der Waals surface area contributed by atoms with Gasteiger partial charge in [-0.15, -0.1) is 11.3 Å². The third-order valence-electron chi connectivity index (χ3n) is 2.71. The van der Waals surface area contributed by atoms with Gasteiger partial charge in [-0.2, -0.15) is 0 Å². The summed E-state index contributed by atoms with van der Waals surface area (Å²) in [6.07, 6.45) is 2.98. The zero-order valence-electron chi connectivity index (χ0n) is 9.13. The smallest absolute Gasteiger partial charge is 0.308 e. The molecule has 17 heavy (non-hydrogen) atoms. The lowest BCUT2D eigenvalue weighted by molar-refractivity contribution is -0.136. The van der Waals surface area contributed by atoms with Gasteiger partial charge in [-0.25, -0.2) is 13.4 Å². The van der Waals surface area contributed by atoms with Crippen LogP contribution in [0.15, 0.2) is 6.20 Å². The first-order chi connectivity index (χ1) is 7.96. The van der Waals surface area contributed by atoms with Gasteiger partial charge >= 0.3 is 5.97 Å². The highest BCUT2D eigenvalue weighted by Gasteiger charge is 2.27. The molecule has 1 aromatic rings. The molecule has 5 nitrogen and oxygen atoms in total. The number of nitrogens with zero attached hydrogens (tertiary/aromatic N) is 1. The Bertz CT molecular complexity index is 520. The number of carbonyl (C=O) groups is 1. The summed E-state index contributed by atoms with van der Waals surface area (Å²) in [5, 5.41) is 9.41. The Kier molecular flexibility index (Phi) is 3.48. The van der Waals surface area contributed by atoms with Crippen molar-refractivity contribution in [3.05, 3.63) is 16.1 Å². The maximum atomic E-state index is 11.5. The van der Waals surface area contributed by atoms with Crippen LogP contribution in [0.1, 0.15) is 28.6 Å². The second-order valence-electron chi connectivity index (χ2n) is 4.19. The second-order valence-corrected chi connectivity index (χ2v) is 7.56. The molecule has 7 heteroatoms. The van der Waals surface area contributed by atoms with E-state index in [1.165, 1.54) is 17.5 Å². The van der Waals surface area contributed by atoms with Crippen LogP contribution in [0.2, 0.25) is 0 Å². The molecule has 0 aromatic carbocycles. The summed E-state index contributed by atoms with van der Waals surface area (Å²) in [6.45, 7) is 0. The highest BCUT2D eigenvalue weighted by Crippen LogP contribution is 2.31. The van der Waals surface area contributed by atoms with Gasteiger partial charge in [0.25, 0.3) is 0 Å². The molecule has 1 aromatic heterocycles. The standard InChI is InChI=1S/C10H13NO4S2/c12-9(13)4-8-5-11-10(16-8)7-2-1-3-17(14,15)6-7/h5,7H,1-4,6H2,(H,12,13). The zero-order chi connectivity index (χ0) is 12.5. The molecule has 1 saturated heterocycles. The summed E-state index contributed by atoms with van der Waals surface area (Å²) >= 11 is 1.31. The monoisotopic (exact) mass is 275 g/mol. The third-order valence-corrected chi connectivity index (χ3v) is 5.69. The Morgan fingerprint density at radius 2 is 2.35 bits per heavy atom. The van der Waals surface area contributed by atoms with Crippen LogP contribution in [-0.4, -0.2) is 36.0 Å². The van der Waals surface area contributed by atoms with Gasteiger partial charge in [-0.1, -0.05) is 0 Å². The third kappa shape index (κ3) is 3.26. The van der Waals surface area contributed by atoms with E-state index in [0.29, 0.717) is 11.3 Å². The maximum Gasteiger partial charge on any atom is 0.308 e. The first kappa shape index (κ1) is 12.5. The largest absolute Gasteiger partial charge is 0.481 e. The van der Waals surface area contributed by atoms with E-state index in [0.717, 1.165) is 11.4 Å². The molecule has 0 amide bonds. The highest BCUT2D eigenvalue weighted by atomic mass is 32.2. The normalized spacial score (nSPS) is 23.4. The fourth-order valence-electron chi connectivity index (χ4n) is 1.96. The van der Waals surface area contributed by atoms with Gasteiger partial charge < -0.3 is 5.11 Å². The van der Waals surface area contributed by atoms with Crippen molar-refractivity contribution in [2.45, 2.75) is 25.2 Å². The first-order valence-electron chi connectivity index (χ1n) is 5.33. The minimum atomic E-state index is -2.94. The molecule has 1 fully saturated rings. The number of hydrogen-bond acceptors (Lipinski definition) is 5. The summed E-state index contributed by atoms with van der Waals surface area (Å²) in [4.78, 5) is 15.4. The van der Waals surface area contributed by atoms with Gasteiger partial charge in [0, 0.05) is 17.0 Å². The van der Waals surface area contributed by atoms with Crippen LogP contribution in [0, 0.1) is 0 Å². The van der Waals surface area contributed by atoms with Crippen LogP contribution in [0.3, 0.4) is 0 Å². The number of rotatable bonds is 3. The minimum absolute atomic E-state index is 0.0445. The summed E-state index contributed by atoms with van der Waals surface area (Å²) in [5.74, 6) is -0.540. The van der Waals surface area contributed by atoms with Crippen molar-refractivity contribution in [2.75, 3.05) is 11.5 Å². The Morgan fingerprint density at radius 3 is 3.00 bits per heavy atom. The van der Waals surface area contributed by atoms with Gasteiger partial charge in [0.05, 0.1) is 22.9 Å². The number of sulfone groups is 1. The molecule has 0 aliphatic carbocycles. The van der Waals surface area contributed by atoms with E-state index in [1.54, 1.807) is 0 Å². The second kappa shape index (κ2) is 4.73. The lowest BCUT2D eigenvalue weighted by Gasteiger charge is -2.19. The van der Waals surface area contributed by atoms with E-state index in [2.05, 4.69) is 4.98 Å². The Morgan fingerprint density at radius 1 is 1.59 bits per heavy atom. The Hall–Kier alpha value is -0.950. The molecule has 0 bridgehead atoms. The van der Waals surface area contributed by atoms with Gasteiger partial charge in [0.2, 0.25) is 0 Å². The molecule has 2 heterocycles. The summed E-state index contributed by atoms with van der Waals surface area (Å²) in [6, 6.07) is 0. The molecule has 1 unspecified atom stereocenters. The van der Waals surface area contributed by atoms with Crippen LogP contribution in [0.25, 0.3) is 0 Å². The fourth-order valence-corrected chi connectivity index (χ4v) is 4.82. The van der Waals surface area contributed by atoms with Crippen LogP contribution >= 0.6 is 11.3 Å². The number of carboxylic acids is 1. The number of aliphatic carboxylic acids is 1. The number of aromatic nitrogens is 1. The average molecular weight is 275 g/mol. The molecule has 0 spiro atoms. The predicted molar refractivity (Wildman–Crippen MR) is 64.1 cm³/mol. The molecule has 1 N–H and O–H groups in total. The van der Waals surface area contributed by atoms with Gasteiger partial charge in [-0.05, 0) is 12.8 Å². The van der Waals surface area contributed by atoms with Gasteiger partial charge in [0.1, 0.15) is 0 Å². The molecule has 1 atom stereocenters. The van der Waals surface area contributed by atoms with Crippen molar-refractivity contribution >= 4 is 27.1 Å². The maximum absolute atomic E-state index is 11.5. The van der Waals surface area contributed by atoms with E-state index >= 15 is 0 Å². The van der Waals surface area contributed by atoms with Crippen molar-refractivity contribution in [3.8, 4) is 0 Å². The number of hydrogen-bond donors (Lipinski definition) is 1. The molecule has 2 rings (SSSR count).